The molecule has 3 N–H and O–H groups in total. The van der Waals surface area contributed by atoms with Gasteiger partial charge in [-0.2, -0.15) is 5.10 Å². The van der Waals surface area contributed by atoms with Crippen LogP contribution in [0, 0.1) is 0 Å². The standard InChI is InChI=1S/C17H14ClN5O2S/c18-13-7-3-4-8-14(13)20-17(26)22-21-15(24)10-23-16(25)12-6-2-1-5-11(12)9-19-23/h1-9H,10H2,(H,21,24)(H2,20,22,26). The van der Waals surface area contributed by atoms with Gasteiger partial charge in [-0.05, 0) is 30.4 Å². The molecule has 0 aliphatic heterocycles. The summed E-state index contributed by atoms with van der Waals surface area (Å²) < 4.78 is 1.09. The molecule has 0 saturated carbocycles. The van der Waals surface area contributed by atoms with Crippen molar-refractivity contribution in [2.45, 2.75) is 6.54 Å². The van der Waals surface area contributed by atoms with Crippen LogP contribution in [0.5, 0.6) is 0 Å². The first-order chi connectivity index (χ1) is 12.5. The molecular formula is C17H14ClN5O2S. The molecule has 132 valence electrons. The molecule has 3 aromatic rings. The molecule has 0 saturated heterocycles. The minimum Gasteiger partial charge on any atom is -0.330 e. The van der Waals surface area contributed by atoms with Crippen molar-refractivity contribution in [3.05, 3.63) is 70.1 Å². The molecule has 0 radical (unpaired) electrons. The van der Waals surface area contributed by atoms with E-state index >= 15 is 0 Å². The summed E-state index contributed by atoms with van der Waals surface area (Å²) in [6.45, 7) is -0.245. The number of rotatable bonds is 3. The normalized spacial score (nSPS) is 10.3. The summed E-state index contributed by atoms with van der Waals surface area (Å²) in [6.07, 6.45) is 1.54. The second kappa shape index (κ2) is 7.94. The third-order valence-electron chi connectivity index (χ3n) is 3.49. The van der Waals surface area contributed by atoms with E-state index in [0.29, 0.717) is 16.1 Å². The molecule has 2 aromatic carbocycles. The van der Waals surface area contributed by atoms with E-state index in [-0.39, 0.29) is 17.2 Å². The minimum absolute atomic E-state index is 0.158. The lowest BCUT2D eigenvalue weighted by atomic mass is 10.2. The zero-order valence-electron chi connectivity index (χ0n) is 13.4. The molecule has 1 amide bonds. The van der Waals surface area contributed by atoms with Crippen LogP contribution < -0.4 is 21.7 Å². The second-order valence-corrected chi connectivity index (χ2v) is 6.12. The van der Waals surface area contributed by atoms with Gasteiger partial charge in [-0.3, -0.25) is 20.4 Å². The number of hydrogen-bond donors (Lipinski definition) is 3. The van der Waals surface area contributed by atoms with Crippen molar-refractivity contribution in [1.82, 2.24) is 20.6 Å². The monoisotopic (exact) mass is 387 g/mol. The summed E-state index contributed by atoms with van der Waals surface area (Å²) in [4.78, 5) is 24.4. The number of halogens is 1. The van der Waals surface area contributed by atoms with Crippen LogP contribution in [0.1, 0.15) is 0 Å². The molecule has 0 fully saturated rings. The molecule has 0 aliphatic carbocycles. The van der Waals surface area contributed by atoms with Gasteiger partial charge >= 0.3 is 0 Å². The van der Waals surface area contributed by atoms with Crippen LogP contribution in [-0.4, -0.2) is 20.8 Å². The summed E-state index contributed by atoms with van der Waals surface area (Å²) in [5.41, 5.74) is 5.23. The smallest absolute Gasteiger partial charge is 0.275 e. The Morgan fingerprint density at radius 2 is 1.85 bits per heavy atom. The van der Waals surface area contributed by atoms with Crippen molar-refractivity contribution in [3.8, 4) is 0 Å². The highest BCUT2D eigenvalue weighted by Gasteiger charge is 2.09. The van der Waals surface area contributed by atoms with Gasteiger partial charge in [0.25, 0.3) is 11.5 Å². The zero-order valence-corrected chi connectivity index (χ0v) is 15.0. The third kappa shape index (κ3) is 4.16. The van der Waals surface area contributed by atoms with Crippen LogP contribution in [0.3, 0.4) is 0 Å². The van der Waals surface area contributed by atoms with E-state index in [9.17, 15) is 9.59 Å². The highest BCUT2D eigenvalue weighted by atomic mass is 35.5. The van der Waals surface area contributed by atoms with Gasteiger partial charge in [-0.25, -0.2) is 4.68 Å². The van der Waals surface area contributed by atoms with Gasteiger partial charge in [-0.15, -0.1) is 0 Å². The Labute approximate surface area is 158 Å². The topological polar surface area (TPSA) is 88.0 Å². The number of aromatic nitrogens is 2. The number of thiocarbonyl (C=S) groups is 1. The first-order valence-corrected chi connectivity index (χ1v) is 8.38. The van der Waals surface area contributed by atoms with Crippen molar-refractivity contribution in [1.29, 1.82) is 0 Å². The van der Waals surface area contributed by atoms with E-state index in [1.165, 1.54) is 0 Å². The lowest BCUT2D eigenvalue weighted by Crippen LogP contribution is -2.46. The Bertz CT molecular complexity index is 1040. The zero-order chi connectivity index (χ0) is 18.5. The summed E-state index contributed by atoms with van der Waals surface area (Å²) in [5.74, 6) is -0.474. The Hall–Kier alpha value is -2.97. The molecule has 26 heavy (non-hydrogen) atoms. The molecular weight excluding hydrogens is 374 g/mol. The fourth-order valence-electron chi connectivity index (χ4n) is 2.26. The van der Waals surface area contributed by atoms with Crippen LogP contribution >= 0.6 is 23.8 Å². The van der Waals surface area contributed by atoms with Crippen molar-refractivity contribution in [2.24, 2.45) is 0 Å². The Balaban J connectivity index is 1.59. The van der Waals surface area contributed by atoms with Crippen molar-refractivity contribution < 1.29 is 4.79 Å². The molecule has 0 spiro atoms. The Kier molecular flexibility index (Phi) is 5.45. The highest BCUT2D eigenvalue weighted by molar-refractivity contribution is 7.80. The largest absolute Gasteiger partial charge is 0.330 e. The fourth-order valence-corrected chi connectivity index (χ4v) is 2.60. The Morgan fingerprint density at radius 1 is 1.12 bits per heavy atom. The highest BCUT2D eigenvalue weighted by Crippen LogP contribution is 2.19. The number of fused-ring (bicyclic) bond motifs is 1. The van der Waals surface area contributed by atoms with Gasteiger partial charge in [0.2, 0.25) is 0 Å². The lowest BCUT2D eigenvalue weighted by Gasteiger charge is -2.12. The van der Waals surface area contributed by atoms with Gasteiger partial charge in [0.05, 0.1) is 22.3 Å². The first kappa shape index (κ1) is 17.8. The molecule has 0 unspecified atom stereocenters. The number of nitrogens with zero attached hydrogens (tertiary/aromatic N) is 2. The number of anilines is 1. The van der Waals surface area contributed by atoms with E-state index in [1.54, 1.807) is 48.7 Å². The SMILES string of the molecule is O=C(Cn1ncc2ccccc2c1=O)NNC(=S)Nc1ccccc1Cl. The van der Waals surface area contributed by atoms with Gasteiger partial charge in [0, 0.05) is 5.39 Å². The number of nitrogens with one attached hydrogen (secondary N) is 3. The van der Waals surface area contributed by atoms with Crippen molar-refractivity contribution in [3.63, 3.8) is 0 Å². The van der Waals surface area contributed by atoms with E-state index in [4.69, 9.17) is 23.8 Å². The number of carbonyl (C=O) groups is 1. The second-order valence-electron chi connectivity index (χ2n) is 5.30. The Morgan fingerprint density at radius 3 is 2.65 bits per heavy atom. The molecule has 3 rings (SSSR count). The molecule has 1 aromatic heterocycles. The molecule has 9 heteroatoms. The number of benzene rings is 2. The maximum atomic E-state index is 12.3. The molecule has 1 heterocycles. The average Bonchev–Trinajstić information content (AvgIpc) is 2.64. The van der Waals surface area contributed by atoms with E-state index < -0.39 is 5.91 Å². The van der Waals surface area contributed by atoms with Crippen molar-refractivity contribution >= 4 is 51.3 Å². The van der Waals surface area contributed by atoms with Crippen LogP contribution in [0.15, 0.2) is 59.5 Å². The summed E-state index contributed by atoms with van der Waals surface area (Å²) >= 11 is 11.1. The predicted molar refractivity (Wildman–Crippen MR) is 105 cm³/mol. The summed E-state index contributed by atoms with van der Waals surface area (Å²) in [7, 11) is 0. The molecule has 7 nitrogen and oxygen atoms in total. The van der Waals surface area contributed by atoms with E-state index in [1.807, 2.05) is 6.07 Å². The minimum atomic E-state index is -0.474. The van der Waals surface area contributed by atoms with Gasteiger partial charge in [-0.1, -0.05) is 41.9 Å². The van der Waals surface area contributed by atoms with Gasteiger partial charge in [0.15, 0.2) is 5.11 Å². The molecule has 0 aliphatic rings. The maximum absolute atomic E-state index is 12.3. The van der Waals surface area contributed by atoms with E-state index in [0.717, 1.165) is 10.1 Å². The number of para-hydroxylation sites is 1. The van der Waals surface area contributed by atoms with Gasteiger partial charge < -0.3 is 5.32 Å². The first-order valence-electron chi connectivity index (χ1n) is 7.60. The van der Waals surface area contributed by atoms with Crippen LogP contribution in [0.25, 0.3) is 10.8 Å². The average molecular weight is 388 g/mol. The molecule has 0 bridgehead atoms. The summed E-state index contributed by atoms with van der Waals surface area (Å²) in [5, 5.41) is 8.73. The third-order valence-corrected chi connectivity index (χ3v) is 4.03. The molecule has 0 atom stereocenters. The summed E-state index contributed by atoms with van der Waals surface area (Å²) in [6, 6.07) is 14.1. The van der Waals surface area contributed by atoms with Crippen molar-refractivity contribution in [2.75, 3.05) is 5.32 Å². The predicted octanol–water partition coefficient (Wildman–Crippen LogP) is 2.07. The number of carbonyl (C=O) groups excluding carboxylic acids is 1. The number of hydrazine groups is 1. The lowest BCUT2D eigenvalue weighted by molar-refractivity contribution is -0.122. The number of amides is 1. The fraction of sp³-hybridized carbons (Fsp3) is 0.0588. The van der Waals surface area contributed by atoms with E-state index in [2.05, 4.69) is 21.3 Å². The maximum Gasteiger partial charge on any atom is 0.275 e. The van der Waals surface area contributed by atoms with Crippen LogP contribution in [0.4, 0.5) is 5.69 Å². The van der Waals surface area contributed by atoms with Gasteiger partial charge in [0.1, 0.15) is 6.54 Å². The number of hydrogen-bond acceptors (Lipinski definition) is 4. The quantitative estimate of drug-likeness (QED) is 0.471. The van der Waals surface area contributed by atoms with Crippen LogP contribution in [0.2, 0.25) is 5.02 Å². The van der Waals surface area contributed by atoms with Crippen LogP contribution in [-0.2, 0) is 11.3 Å².